The summed E-state index contributed by atoms with van der Waals surface area (Å²) in [4.78, 5) is 27.7. The Balaban J connectivity index is 1.96. The zero-order valence-electron chi connectivity index (χ0n) is 11.5. The summed E-state index contributed by atoms with van der Waals surface area (Å²) in [6, 6.07) is 9.48. The van der Waals surface area contributed by atoms with E-state index in [0.717, 1.165) is 0 Å². The third kappa shape index (κ3) is 4.44. The minimum atomic E-state index is -0.982. The molecule has 0 radical (unpaired) electrons. The van der Waals surface area contributed by atoms with Gasteiger partial charge < -0.3 is 10.1 Å². The topological polar surface area (TPSA) is 68.3 Å². The van der Waals surface area contributed by atoms with Crippen molar-refractivity contribution in [2.24, 2.45) is 0 Å². The van der Waals surface area contributed by atoms with Crippen LogP contribution in [0.5, 0.6) is 0 Å². The van der Waals surface area contributed by atoms with E-state index < -0.39 is 18.0 Å². The Labute approximate surface area is 137 Å². The number of pyridine rings is 1. The van der Waals surface area contributed by atoms with Crippen LogP contribution in [0.15, 0.2) is 42.6 Å². The van der Waals surface area contributed by atoms with Gasteiger partial charge in [0.2, 0.25) is 0 Å². The van der Waals surface area contributed by atoms with Gasteiger partial charge in [-0.2, -0.15) is 0 Å². The Kier molecular flexibility index (Phi) is 5.35. The standard InChI is InChI=1S/C15H12Cl2N2O3/c1-9(14(20)19-12-4-2-10(16)3-5-12)22-15(21)13-8-11(17)6-7-18-13/h2-9H,1H3,(H,19,20)/t9-/m1/s1. The van der Waals surface area contributed by atoms with Crippen LogP contribution in [0.4, 0.5) is 5.69 Å². The zero-order valence-corrected chi connectivity index (χ0v) is 13.1. The average Bonchev–Trinajstić information content (AvgIpc) is 2.49. The Morgan fingerprint density at radius 3 is 2.45 bits per heavy atom. The molecule has 0 saturated carbocycles. The molecule has 0 spiro atoms. The summed E-state index contributed by atoms with van der Waals surface area (Å²) in [6.07, 6.45) is 0.404. The van der Waals surface area contributed by atoms with Gasteiger partial charge in [-0.3, -0.25) is 4.79 Å². The first-order valence-electron chi connectivity index (χ1n) is 6.34. The van der Waals surface area contributed by atoms with Gasteiger partial charge in [-0.1, -0.05) is 23.2 Å². The lowest BCUT2D eigenvalue weighted by Crippen LogP contribution is -2.30. The molecule has 0 bridgehead atoms. The highest BCUT2D eigenvalue weighted by Gasteiger charge is 2.20. The number of hydrogen-bond acceptors (Lipinski definition) is 4. The number of ether oxygens (including phenoxy) is 1. The van der Waals surface area contributed by atoms with Crippen LogP contribution in [-0.2, 0) is 9.53 Å². The maximum absolute atomic E-state index is 12.0. The van der Waals surface area contributed by atoms with Crippen LogP contribution >= 0.6 is 23.2 Å². The summed E-state index contributed by atoms with van der Waals surface area (Å²) in [5, 5.41) is 3.54. The summed E-state index contributed by atoms with van der Waals surface area (Å²) in [6.45, 7) is 1.47. The molecule has 0 fully saturated rings. The fraction of sp³-hybridized carbons (Fsp3) is 0.133. The molecular formula is C15H12Cl2N2O3. The van der Waals surface area contributed by atoms with E-state index in [1.807, 2.05) is 0 Å². The average molecular weight is 339 g/mol. The quantitative estimate of drug-likeness (QED) is 0.865. The predicted octanol–water partition coefficient (Wildman–Crippen LogP) is 3.57. The zero-order chi connectivity index (χ0) is 16.1. The van der Waals surface area contributed by atoms with E-state index in [2.05, 4.69) is 10.3 Å². The maximum Gasteiger partial charge on any atom is 0.357 e. The van der Waals surface area contributed by atoms with Gasteiger partial charge in [-0.05, 0) is 43.3 Å². The van der Waals surface area contributed by atoms with E-state index in [-0.39, 0.29) is 5.69 Å². The molecule has 0 aliphatic rings. The van der Waals surface area contributed by atoms with Crippen LogP contribution in [0.25, 0.3) is 0 Å². The van der Waals surface area contributed by atoms with Crippen molar-refractivity contribution in [3.05, 3.63) is 58.3 Å². The third-order valence-electron chi connectivity index (χ3n) is 2.70. The monoisotopic (exact) mass is 338 g/mol. The van der Waals surface area contributed by atoms with Gasteiger partial charge in [0.25, 0.3) is 5.91 Å². The summed E-state index contributed by atoms with van der Waals surface area (Å²) >= 11 is 11.5. The fourth-order valence-electron chi connectivity index (χ4n) is 1.57. The number of anilines is 1. The molecule has 2 rings (SSSR count). The number of nitrogens with one attached hydrogen (secondary N) is 1. The lowest BCUT2D eigenvalue weighted by molar-refractivity contribution is -0.123. The van der Waals surface area contributed by atoms with E-state index >= 15 is 0 Å². The van der Waals surface area contributed by atoms with Crippen LogP contribution < -0.4 is 5.32 Å². The van der Waals surface area contributed by atoms with Crippen molar-refractivity contribution in [2.45, 2.75) is 13.0 Å². The third-order valence-corrected chi connectivity index (χ3v) is 3.18. The van der Waals surface area contributed by atoms with E-state index in [9.17, 15) is 9.59 Å². The molecule has 0 aliphatic carbocycles. The minimum absolute atomic E-state index is 0.0404. The number of aromatic nitrogens is 1. The Bertz CT molecular complexity index is 689. The predicted molar refractivity (Wildman–Crippen MR) is 84.2 cm³/mol. The van der Waals surface area contributed by atoms with E-state index in [4.69, 9.17) is 27.9 Å². The molecule has 1 aromatic carbocycles. The van der Waals surface area contributed by atoms with E-state index in [1.54, 1.807) is 24.3 Å². The number of carbonyl (C=O) groups is 2. The highest BCUT2D eigenvalue weighted by atomic mass is 35.5. The molecule has 1 heterocycles. The molecule has 2 aromatic rings. The van der Waals surface area contributed by atoms with Crippen molar-refractivity contribution in [3.63, 3.8) is 0 Å². The van der Waals surface area contributed by atoms with Crippen LogP contribution in [0.3, 0.4) is 0 Å². The second-order valence-corrected chi connectivity index (χ2v) is 5.28. The molecule has 7 heteroatoms. The number of halogens is 2. The number of benzene rings is 1. The van der Waals surface area contributed by atoms with Crippen LogP contribution in [-0.4, -0.2) is 23.0 Å². The molecule has 114 valence electrons. The molecular weight excluding hydrogens is 327 g/mol. The van der Waals surface area contributed by atoms with Crippen LogP contribution in [0.2, 0.25) is 10.0 Å². The molecule has 1 amide bonds. The number of carbonyl (C=O) groups excluding carboxylic acids is 2. The molecule has 0 unspecified atom stereocenters. The van der Waals surface area contributed by atoms with Crippen LogP contribution in [0.1, 0.15) is 17.4 Å². The normalized spacial score (nSPS) is 11.6. The molecule has 1 atom stereocenters. The largest absolute Gasteiger partial charge is 0.448 e. The highest BCUT2D eigenvalue weighted by Crippen LogP contribution is 2.14. The van der Waals surface area contributed by atoms with Gasteiger partial charge in [-0.25, -0.2) is 9.78 Å². The summed E-state index contributed by atoms with van der Waals surface area (Å²) in [5.74, 6) is -1.18. The first-order valence-corrected chi connectivity index (χ1v) is 7.10. The molecule has 22 heavy (non-hydrogen) atoms. The van der Waals surface area contributed by atoms with Crippen molar-refractivity contribution in [2.75, 3.05) is 5.32 Å². The van der Waals surface area contributed by atoms with Crippen molar-refractivity contribution in [1.82, 2.24) is 4.98 Å². The van der Waals surface area contributed by atoms with Gasteiger partial charge in [-0.15, -0.1) is 0 Å². The smallest absolute Gasteiger partial charge is 0.357 e. The molecule has 5 nitrogen and oxygen atoms in total. The SMILES string of the molecule is C[C@@H](OC(=O)c1cc(Cl)ccn1)C(=O)Nc1ccc(Cl)cc1. The van der Waals surface area contributed by atoms with Gasteiger partial charge in [0.05, 0.1) is 0 Å². The number of amides is 1. The van der Waals surface area contributed by atoms with E-state index in [0.29, 0.717) is 15.7 Å². The Hall–Kier alpha value is -2.11. The Morgan fingerprint density at radius 1 is 1.14 bits per heavy atom. The second kappa shape index (κ2) is 7.24. The van der Waals surface area contributed by atoms with Gasteiger partial charge in [0.1, 0.15) is 5.69 Å². The highest BCUT2D eigenvalue weighted by molar-refractivity contribution is 6.31. The van der Waals surface area contributed by atoms with Crippen LogP contribution in [0, 0.1) is 0 Å². The van der Waals surface area contributed by atoms with Gasteiger partial charge >= 0.3 is 5.97 Å². The minimum Gasteiger partial charge on any atom is -0.448 e. The Morgan fingerprint density at radius 2 is 1.82 bits per heavy atom. The number of hydrogen-bond donors (Lipinski definition) is 1. The number of nitrogens with zero attached hydrogens (tertiary/aromatic N) is 1. The first-order chi connectivity index (χ1) is 10.5. The molecule has 0 aliphatic heterocycles. The number of esters is 1. The fourth-order valence-corrected chi connectivity index (χ4v) is 1.85. The van der Waals surface area contributed by atoms with E-state index in [1.165, 1.54) is 25.3 Å². The first kappa shape index (κ1) is 16.3. The summed E-state index contributed by atoms with van der Waals surface area (Å²) < 4.78 is 5.05. The lowest BCUT2D eigenvalue weighted by Gasteiger charge is -2.13. The molecule has 0 saturated heterocycles. The second-order valence-electron chi connectivity index (χ2n) is 4.40. The van der Waals surface area contributed by atoms with Gasteiger partial charge in [0, 0.05) is 21.9 Å². The lowest BCUT2D eigenvalue weighted by atomic mass is 10.3. The van der Waals surface area contributed by atoms with Crippen molar-refractivity contribution < 1.29 is 14.3 Å². The van der Waals surface area contributed by atoms with Crippen molar-refractivity contribution in [1.29, 1.82) is 0 Å². The summed E-state index contributed by atoms with van der Waals surface area (Å²) in [7, 11) is 0. The molecule has 1 N–H and O–H groups in total. The maximum atomic E-state index is 12.0. The van der Waals surface area contributed by atoms with Crippen molar-refractivity contribution in [3.8, 4) is 0 Å². The van der Waals surface area contributed by atoms with Gasteiger partial charge in [0.15, 0.2) is 6.10 Å². The summed E-state index contributed by atoms with van der Waals surface area (Å²) in [5.41, 5.74) is 0.594. The van der Waals surface area contributed by atoms with Crippen molar-refractivity contribution >= 4 is 40.8 Å². The number of rotatable bonds is 4. The molecule has 1 aromatic heterocycles.